The maximum absolute atomic E-state index is 13.3. The highest BCUT2D eigenvalue weighted by Gasteiger charge is 2.40. The molecule has 2 aromatic rings. The van der Waals surface area contributed by atoms with Crippen molar-refractivity contribution in [3.05, 3.63) is 59.7 Å². The van der Waals surface area contributed by atoms with Gasteiger partial charge in [-0.25, -0.2) is 8.42 Å². The number of sulfone groups is 1. The van der Waals surface area contributed by atoms with E-state index in [1.807, 2.05) is 30.3 Å². The molecule has 0 heterocycles. The Morgan fingerprint density at radius 1 is 1.11 bits per heavy atom. The normalized spacial score (nSPS) is 22.9. The first kappa shape index (κ1) is 28.1. The van der Waals surface area contributed by atoms with Crippen molar-refractivity contribution < 1.29 is 27.9 Å². The second-order valence-electron chi connectivity index (χ2n) is 10.9. The Hall–Kier alpha value is -2.91. The van der Waals surface area contributed by atoms with E-state index in [1.54, 1.807) is 6.92 Å². The molecule has 4 rings (SSSR count). The molecule has 0 aliphatic heterocycles. The zero-order valence-corrected chi connectivity index (χ0v) is 23.0. The fourth-order valence-corrected chi connectivity index (χ4v) is 6.49. The van der Waals surface area contributed by atoms with E-state index < -0.39 is 33.8 Å². The van der Waals surface area contributed by atoms with Crippen molar-refractivity contribution in [3.63, 3.8) is 0 Å². The minimum Gasteiger partial charge on any atom is -0.497 e. The van der Waals surface area contributed by atoms with E-state index in [0.29, 0.717) is 12.3 Å². The third-order valence-electron chi connectivity index (χ3n) is 7.99. The number of carbonyl (C=O) groups excluding carboxylic acids is 2. The van der Waals surface area contributed by atoms with Gasteiger partial charge in [0.25, 0.3) is 5.91 Å². The molecule has 2 fully saturated rings. The minimum atomic E-state index is -3.58. The lowest BCUT2D eigenvalue weighted by Crippen LogP contribution is -2.47. The van der Waals surface area contributed by atoms with Crippen LogP contribution in [0.25, 0.3) is 0 Å². The van der Waals surface area contributed by atoms with Crippen molar-refractivity contribution in [2.24, 2.45) is 17.8 Å². The highest BCUT2D eigenvalue weighted by Crippen LogP contribution is 2.44. The van der Waals surface area contributed by atoms with Gasteiger partial charge in [-0.05, 0) is 67.7 Å². The lowest BCUT2D eigenvalue weighted by atomic mass is 9.92. The van der Waals surface area contributed by atoms with Crippen molar-refractivity contribution in [3.8, 4) is 5.75 Å². The topological polar surface area (TPSA) is 122 Å². The number of aliphatic hydroxyl groups excluding tert-OH is 1. The van der Waals surface area contributed by atoms with Crippen LogP contribution in [0.3, 0.4) is 0 Å². The van der Waals surface area contributed by atoms with Crippen LogP contribution in [0.2, 0.25) is 0 Å². The highest BCUT2D eigenvalue weighted by molar-refractivity contribution is 7.90. The molecule has 2 aliphatic carbocycles. The third kappa shape index (κ3) is 6.94. The molecule has 6 atom stereocenters. The molecule has 206 valence electrons. The largest absolute Gasteiger partial charge is 0.497 e. The Labute approximate surface area is 225 Å². The van der Waals surface area contributed by atoms with Crippen LogP contribution < -0.4 is 15.4 Å². The summed E-state index contributed by atoms with van der Waals surface area (Å²) in [7, 11) is -2.18. The second-order valence-corrected chi connectivity index (χ2v) is 12.9. The van der Waals surface area contributed by atoms with E-state index in [9.17, 15) is 23.1 Å². The average molecular weight is 543 g/mol. The fraction of sp³-hybridized carbons (Fsp3) is 0.517. The molecule has 2 amide bonds. The van der Waals surface area contributed by atoms with Crippen LogP contribution in [0.4, 0.5) is 0 Å². The SMILES string of the molecule is COc1cc(C(=O)N[C@@H](Cc2ccccc2)[C@H](O)C[C@@H](C)C(=O)NC2CC3CCC2C3)cc(S(C)(=O)=O)c1. The van der Waals surface area contributed by atoms with Crippen LogP contribution in [-0.4, -0.2) is 56.9 Å². The first-order valence-corrected chi connectivity index (χ1v) is 15.1. The number of ether oxygens (including phenoxy) is 1. The zero-order chi connectivity index (χ0) is 27.4. The van der Waals surface area contributed by atoms with Gasteiger partial charge in [-0.3, -0.25) is 9.59 Å². The maximum Gasteiger partial charge on any atom is 0.251 e. The molecule has 3 N–H and O–H groups in total. The van der Waals surface area contributed by atoms with Gasteiger partial charge < -0.3 is 20.5 Å². The fourth-order valence-electron chi connectivity index (χ4n) is 5.82. The van der Waals surface area contributed by atoms with Crippen molar-refractivity contribution in [2.45, 2.75) is 68.5 Å². The molecule has 0 saturated heterocycles. The molecule has 2 aliphatic rings. The number of fused-ring (bicyclic) bond motifs is 2. The summed E-state index contributed by atoms with van der Waals surface area (Å²) >= 11 is 0. The molecule has 2 saturated carbocycles. The first-order valence-electron chi connectivity index (χ1n) is 13.3. The molecule has 3 unspecified atom stereocenters. The Morgan fingerprint density at radius 2 is 1.84 bits per heavy atom. The maximum atomic E-state index is 13.3. The number of amides is 2. The van der Waals surface area contributed by atoms with Crippen LogP contribution in [0.1, 0.15) is 54.9 Å². The number of rotatable bonds is 11. The molecule has 0 radical (unpaired) electrons. The molecule has 8 nitrogen and oxygen atoms in total. The summed E-state index contributed by atoms with van der Waals surface area (Å²) in [5.41, 5.74) is 1.02. The number of aliphatic hydroxyl groups is 1. The van der Waals surface area contributed by atoms with Crippen LogP contribution in [0, 0.1) is 17.8 Å². The Balaban J connectivity index is 1.48. The van der Waals surface area contributed by atoms with Gasteiger partial charge in [0.1, 0.15) is 5.75 Å². The van der Waals surface area contributed by atoms with E-state index in [1.165, 1.54) is 44.6 Å². The molecule has 9 heteroatoms. The molecular weight excluding hydrogens is 504 g/mol. The van der Waals surface area contributed by atoms with Gasteiger partial charge in [-0.2, -0.15) is 0 Å². The van der Waals surface area contributed by atoms with Crippen LogP contribution in [0.5, 0.6) is 5.75 Å². The number of nitrogens with one attached hydrogen (secondary N) is 2. The summed E-state index contributed by atoms with van der Waals surface area (Å²) in [6.45, 7) is 1.80. The number of hydrogen-bond donors (Lipinski definition) is 3. The molecule has 0 aromatic heterocycles. The van der Waals surface area contributed by atoms with E-state index >= 15 is 0 Å². The Kier molecular flexibility index (Phi) is 8.78. The Bertz CT molecular complexity index is 1250. The number of hydrogen-bond acceptors (Lipinski definition) is 6. The first-order chi connectivity index (χ1) is 18.0. The molecular formula is C29H38N2O6S. The number of methoxy groups -OCH3 is 1. The van der Waals surface area contributed by atoms with E-state index in [2.05, 4.69) is 10.6 Å². The average Bonchev–Trinajstić information content (AvgIpc) is 3.51. The lowest BCUT2D eigenvalue weighted by Gasteiger charge is -2.28. The van der Waals surface area contributed by atoms with E-state index in [-0.39, 0.29) is 34.6 Å². The van der Waals surface area contributed by atoms with Crippen LogP contribution in [0.15, 0.2) is 53.4 Å². The van der Waals surface area contributed by atoms with E-state index in [4.69, 9.17) is 4.74 Å². The Morgan fingerprint density at radius 3 is 2.45 bits per heavy atom. The molecule has 2 bridgehead atoms. The third-order valence-corrected chi connectivity index (χ3v) is 9.09. The summed E-state index contributed by atoms with van der Waals surface area (Å²) in [4.78, 5) is 26.2. The van der Waals surface area contributed by atoms with Gasteiger partial charge in [0.15, 0.2) is 9.84 Å². The highest BCUT2D eigenvalue weighted by atomic mass is 32.2. The zero-order valence-electron chi connectivity index (χ0n) is 22.2. The standard InChI is InChI=1S/C29H38N2O6S/c1-18(28(33)30-25-14-20-9-10-21(25)12-20)11-27(32)26(13-19-7-5-4-6-8-19)31-29(34)22-15-23(37-2)17-24(16-22)38(3,35)36/h4-8,15-18,20-21,25-27,32H,9-14H2,1-3H3,(H,30,33)(H,31,34)/t18-,20?,21?,25?,26+,27-/m1/s1. The molecule has 0 spiro atoms. The number of carbonyl (C=O) groups is 2. The van der Waals surface area contributed by atoms with Crippen LogP contribution in [-0.2, 0) is 21.1 Å². The van der Waals surface area contributed by atoms with Crippen molar-refractivity contribution in [2.75, 3.05) is 13.4 Å². The van der Waals surface area contributed by atoms with Crippen molar-refractivity contribution >= 4 is 21.7 Å². The summed E-state index contributed by atoms with van der Waals surface area (Å²) in [5.74, 6) is 0.476. The lowest BCUT2D eigenvalue weighted by molar-refractivity contribution is -0.126. The quantitative estimate of drug-likeness (QED) is 0.401. The van der Waals surface area contributed by atoms with Crippen molar-refractivity contribution in [1.82, 2.24) is 10.6 Å². The van der Waals surface area contributed by atoms with Gasteiger partial charge in [-0.15, -0.1) is 0 Å². The predicted octanol–water partition coefficient (Wildman–Crippen LogP) is 3.13. The summed E-state index contributed by atoms with van der Waals surface area (Å²) in [6.07, 6.45) is 5.24. The summed E-state index contributed by atoms with van der Waals surface area (Å²) < 4.78 is 29.5. The van der Waals surface area contributed by atoms with Crippen LogP contribution >= 0.6 is 0 Å². The summed E-state index contributed by atoms with van der Waals surface area (Å²) in [5, 5.41) is 17.3. The molecule has 38 heavy (non-hydrogen) atoms. The monoisotopic (exact) mass is 542 g/mol. The van der Waals surface area contributed by atoms with Gasteiger partial charge in [0, 0.05) is 23.8 Å². The summed E-state index contributed by atoms with van der Waals surface area (Å²) in [6, 6.07) is 13.1. The second kappa shape index (κ2) is 11.9. The van der Waals surface area contributed by atoms with Gasteiger partial charge in [0.2, 0.25) is 5.91 Å². The van der Waals surface area contributed by atoms with Gasteiger partial charge in [0.05, 0.1) is 24.2 Å². The number of benzene rings is 2. The van der Waals surface area contributed by atoms with Gasteiger partial charge in [-0.1, -0.05) is 43.7 Å². The molecule has 2 aromatic carbocycles. The van der Waals surface area contributed by atoms with E-state index in [0.717, 1.165) is 24.2 Å². The predicted molar refractivity (Wildman–Crippen MR) is 145 cm³/mol. The smallest absolute Gasteiger partial charge is 0.251 e. The van der Waals surface area contributed by atoms with Crippen molar-refractivity contribution in [1.29, 1.82) is 0 Å². The minimum absolute atomic E-state index is 0.0342. The van der Waals surface area contributed by atoms with Gasteiger partial charge >= 0.3 is 0 Å².